The first kappa shape index (κ1) is 26.1. The highest BCUT2D eigenvalue weighted by molar-refractivity contribution is 5.77. The van der Waals surface area contributed by atoms with Crippen molar-refractivity contribution in [3.05, 3.63) is 35.6 Å². The second-order valence-corrected chi connectivity index (χ2v) is 7.90. The Morgan fingerprint density at radius 3 is 1.70 bits per heavy atom. The summed E-state index contributed by atoms with van der Waals surface area (Å²) in [5.74, 6) is -1.15. The molecule has 0 unspecified atom stereocenters. The van der Waals surface area contributed by atoms with Crippen molar-refractivity contribution in [1.29, 1.82) is 0 Å². The minimum atomic E-state index is -0.457. The molecule has 0 fully saturated rings. The van der Waals surface area contributed by atoms with Crippen LogP contribution >= 0.6 is 0 Å². The summed E-state index contributed by atoms with van der Waals surface area (Å²) in [5.41, 5.74) is 0.708. The van der Waals surface area contributed by atoms with E-state index in [1.54, 1.807) is 12.1 Å². The molecular formula is C25H39FO4. The Bertz CT molecular complexity index is 571. The van der Waals surface area contributed by atoms with Crippen molar-refractivity contribution in [2.75, 3.05) is 6.61 Å². The van der Waals surface area contributed by atoms with Gasteiger partial charge < -0.3 is 9.47 Å². The summed E-state index contributed by atoms with van der Waals surface area (Å²) in [6.07, 6.45) is 15.2. The lowest BCUT2D eigenvalue weighted by Gasteiger charge is -2.06. The maximum absolute atomic E-state index is 12.8. The zero-order chi connectivity index (χ0) is 21.9. The SMILES string of the molecule is CCCCCCCCCCCCCCOC(=O)CCC(=O)OCc1ccc(F)cc1. The van der Waals surface area contributed by atoms with Gasteiger partial charge in [-0.25, -0.2) is 4.39 Å². The highest BCUT2D eigenvalue weighted by atomic mass is 19.1. The Hall–Kier alpha value is -1.91. The number of ether oxygens (including phenoxy) is 2. The van der Waals surface area contributed by atoms with Gasteiger partial charge in [0.15, 0.2) is 0 Å². The molecule has 0 aliphatic carbocycles. The van der Waals surface area contributed by atoms with Crippen molar-refractivity contribution in [2.45, 2.75) is 103 Å². The van der Waals surface area contributed by atoms with Gasteiger partial charge in [-0.15, -0.1) is 0 Å². The van der Waals surface area contributed by atoms with Crippen LogP contribution in [0.2, 0.25) is 0 Å². The second-order valence-electron chi connectivity index (χ2n) is 7.90. The number of rotatable bonds is 18. The normalized spacial score (nSPS) is 10.7. The van der Waals surface area contributed by atoms with E-state index in [2.05, 4.69) is 6.92 Å². The van der Waals surface area contributed by atoms with Crippen LogP contribution in [0.25, 0.3) is 0 Å². The third kappa shape index (κ3) is 15.0. The largest absolute Gasteiger partial charge is 0.466 e. The van der Waals surface area contributed by atoms with Gasteiger partial charge in [0.25, 0.3) is 0 Å². The van der Waals surface area contributed by atoms with Gasteiger partial charge in [-0.2, -0.15) is 0 Å². The lowest BCUT2D eigenvalue weighted by molar-refractivity contribution is -0.151. The highest BCUT2D eigenvalue weighted by Gasteiger charge is 2.09. The molecule has 0 saturated carbocycles. The van der Waals surface area contributed by atoms with Crippen LogP contribution in [0, 0.1) is 5.82 Å². The Morgan fingerprint density at radius 1 is 0.700 bits per heavy atom. The van der Waals surface area contributed by atoms with Gasteiger partial charge in [0, 0.05) is 0 Å². The number of carbonyl (C=O) groups is 2. The van der Waals surface area contributed by atoms with E-state index in [0.717, 1.165) is 12.8 Å². The maximum Gasteiger partial charge on any atom is 0.306 e. The Kier molecular flexibility index (Phi) is 15.6. The summed E-state index contributed by atoms with van der Waals surface area (Å²) < 4.78 is 23.1. The Morgan fingerprint density at radius 2 is 1.17 bits per heavy atom. The van der Waals surface area contributed by atoms with E-state index in [1.165, 1.54) is 76.3 Å². The molecule has 0 atom stereocenters. The van der Waals surface area contributed by atoms with E-state index in [9.17, 15) is 14.0 Å². The fourth-order valence-electron chi connectivity index (χ4n) is 3.22. The van der Waals surface area contributed by atoms with E-state index in [-0.39, 0.29) is 31.2 Å². The average molecular weight is 423 g/mol. The van der Waals surface area contributed by atoms with Crippen LogP contribution in [0.1, 0.15) is 102 Å². The molecule has 170 valence electrons. The van der Waals surface area contributed by atoms with Gasteiger partial charge in [-0.05, 0) is 24.1 Å². The molecule has 0 bridgehead atoms. The molecule has 0 spiro atoms. The summed E-state index contributed by atoms with van der Waals surface area (Å²) in [7, 11) is 0. The smallest absolute Gasteiger partial charge is 0.306 e. The summed E-state index contributed by atoms with van der Waals surface area (Å²) in [6, 6.07) is 5.75. The molecule has 0 saturated heterocycles. The quantitative estimate of drug-likeness (QED) is 0.191. The number of hydrogen-bond acceptors (Lipinski definition) is 4. The number of benzene rings is 1. The van der Waals surface area contributed by atoms with Crippen LogP contribution in [0.3, 0.4) is 0 Å². The standard InChI is InChI=1S/C25H39FO4/c1-2-3-4-5-6-7-8-9-10-11-12-13-20-29-24(27)18-19-25(28)30-21-22-14-16-23(26)17-15-22/h14-17H,2-13,18-21H2,1H3. The topological polar surface area (TPSA) is 52.6 Å². The van der Waals surface area contributed by atoms with Gasteiger partial charge in [0.1, 0.15) is 12.4 Å². The van der Waals surface area contributed by atoms with Crippen LogP contribution in [0.4, 0.5) is 4.39 Å². The molecule has 0 aromatic heterocycles. The monoisotopic (exact) mass is 422 g/mol. The minimum Gasteiger partial charge on any atom is -0.466 e. The lowest BCUT2D eigenvalue weighted by atomic mass is 10.1. The van der Waals surface area contributed by atoms with E-state index < -0.39 is 5.97 Å². The molecule has 1 aromatic carbocycles. The van der Waals surface area contributed by atoms with Gasteiger partial charge in [-0.3, -0.25) is 9.59 Å². The zero-order valence-electron chi connectivity index (χ0n) is 18.6. The molecule has 30 heavy (non-hydrogen) atoms. The number of esters is 2. The van der Waals surface area contributed by atoms with E-state index in [4.69, 9.17) is 9.47 Å². The van der Waals surface area contributed by atoms with Gasteiger partial charge >= 0.3 is 11.9 Å². The Balaban J connectivity index is 1.87. The first-order chi connectivity index (χ1) is 14.6. The molecule has 0 amide bonds. The molecule has 5 heteroatoms. The van der Waals surface area contributed by atoms with Crippen molar-refractivity contribution in [1.82, 2.24) is 0 Å². The van der Waals surface area contributed by atoms with Crippen molar-refractivity contribution in [2.24, 2.45) is 0 Å². The van der Waals surface area contributed by atoms with Crippen molar-refractivity contribution < 1.29 is 23.5 Å². The van der Waals surface area contributed by atoms with Gasteiger partial charge in [0.2, 0.25) is 0 Å². The molecule has 4 nitrogen and oxygen atoms in total. The third-order valence-corrected chi connectivity index (χ3v) is 5.11. The molecule has 1 aromatic rings. The van der Waals surface area contributed by atoms with E-state index >= 15 is 0 Å². The molecule has 1 rings (SSSR count). The fourth-order valence-corrected chi connectivity index (χ4v) is 3.22. The van der Waals surface area contributed by atoms with Crippen LogP contribution in [-0.4, -0.2) is 18.5 Å². The molecule has 0 aliphatic rings. The van der Waals surface area contributed by atoms with Crippen molar-refractivity contribution in [3.63, 3.8) is 0 Å². The summed E-state index contributed by atoms with van der Waals surface area (Å²) >= 11 is 0. The molecular weight excluding hydrogens is 383 g/mol. The number of unbranched alkanes of at least 4 members (excludes halogenated alkanes) is 11. The first-order valence-electron chi connectivity index (χ1n) is 11.7. The van der Waals surface area contributed by atoms with Crippen LogP contribution in [0.15, 0.2) is 24.3 Å². The van der Waals surface area contributed by atoms with Crippen molar-refractivity contribution >= 4 is 11.9 Å². The predicted molar refractivity (Wildman–Crippen MR) is 117 cm³/mol. The van der Waals surface area contributed by atoms with Gasteiger partial charge in [0.05, 0.1) is 19.4 Å². The Labute approximate surface area is 181 Å². The number of carbonyl (C=O) groups excluding carboxylic acids is 2. The highest BCUT2D eigenvalue weighted by Crippen LogP contribution is 2.12. The van der Waals surface area contributed by atoms with Crippen molar-refractivity contribution in [3.8, 4) is 0 Å². The number of halogens is 1. The second kappa shape index (κ2) is 17.9. The zero-order valence-corrected chi connectivity index (χ0v) is 18.6. The lowest BCUT2D eigenvalue weighted by Crippen LogP contribution is -2.11. The minimum absolute atomic E-state index is 0.00152. The summed E-state index contributed by atoms with van der Waals surface area (Å²) in [5, 5.41) is 0. The average Bonchev–Trinajstić information content (AvgIpc) is 2.75. The summed E-state index contributed by atoms with van der Waals surface area (Å²) in [6.45, 7) is 2.74. The van der Waals surface area contributed by atoms with Crippen LogP contribution < -0.4 is 0 Å². The number of hydrogen-bond donors (Lipinski definition) is 0. The molecule has 0 N–H and O–H groups in total. The predicted octanol–water partition coefficient (Wildman–Crippen LogP) is 6.89. The molecule has 0 heterocycles. The van der Waals surface area contributed by atoms with Crippen LogP contribution in [0.5, 0.6) is 0 Å². The van der Waals surface area contributed by atoms with E-state index in [1.807, 2.05) is 0 Å². The summed E-state index contributed by atoms with van der Waals surface area (Å²) in [4.78, 5) is 23.4. The molecule has 0 radical (unpaired) electrons. The first-order valence-corrected chi connectivity index (χ1v) is 11.7. The van der Waals surface area contributed by atoms with E-state index in [0.29, 0.717) is 12.2 Å². The fraction of sp³-hybridized carbons (Fsp3) is 0.680. The third-order valence-electron chi connectivity index (χ3n) is 5.11. The maximum atomic E-state index is 12.8. The molecule has 0 aliphatic heterocycles. The van der Waals surface area contributed by atoms with Gasteiger partial charge in [-0.1, -0.05) is 89.7 Å². The van der Waals surface area contributed by atoms with Crippen LogP contribution in [-0.2, 0) is 25.7 Å².